The van der Waals surface area contributed by atoms with Crippen LogP contribution in [-0.4, -0.2) is 29.7 Å². The lowest BCUT2D eigenvalue weighted by molar-refractivity contribution is -0.232. The first-order chi connectivity index (χ1) is 10.9. The number of aldehydes is 1. The molecular formula is C20H28O3. The van der Waals surface area contributed by atoms with E-state index < -0.39 is 11.5 Å². The Hall–Kier alpha value is -1.19. The number of fused-ring (bicyclic) bond motifs is 1. The molecule has 0 spiro atoms. The van der Waals surface area contributed by atoms with Gasteiger partial charge in [0.05, 0.1) is 18.3 Å². The van der Waals surface area contributed by atoms with Gasteiger partial charge >= 0.3 is 0 Å². The predicted octanol–water partition coefficient (Wildman–Crippen LogP) is 3.39. The predicted molar refractivity (Wildman–Crippen MR) is 90.1 cm³/mol. The molecule has 0 aromatic heterocycles. The summed E-state index contributed by atoms with van der Waals surface area (Å²) >= 11 is 0. The molecule has 1 aliphatic carbocycles. The van der Waals surface area contributed by atoms with E-state index in [0.29, 0.717) is 0 Å². The van der Waals surface area contributed by atoms with Crippen LogP contribution in [0.3, 0.4) is 0 Å². The molecule has 0 radical (unpaired) electrons. The van der Waals surface area contributed by atoms with Gasteiger partial charge in [0.1, 0.15) is 6.29 Å². The van der Waals surface area contributed by atoms with Crippen LogP contribution in [0.2, 0.25) is 0 Å². The van der Waals surface area contributed by atoms with E-state index in [2.05, 4.69) is 31.2 Å². The van der Waals surface area contributed by atoms with Crippen LogP contribution >= 0.6 is 0 Å². The van der Waals surface area contributed by atoms with Gasteiger partial charge in [-0.1, -0.05) is 51.1 Å². The number of aliphatic hydroxyl groups excluding tert-OH is 1. The third-order valence-electron chi connectivity index (χ3n) is 6.03. The van der Waals surface area contributed by atoms with E-state index in [1.165, 1.54) is 5.56 Å². The lowest BCUT2D eigenvalue weighted by Crippen LogP contribution is -2.61. The SMILES string of the molecule is CC1(C)C(O)C(C=O)C[C@]2(C)CC[C@@H](Cc3ccccc3)O[C@@H]12. The summed E-state index contributed by atoms with van der Waals surface area (Å²) in [5.74, 6) is -0.277. The normalized spacial score (nSPS) is 39.5. The van der Waals surface area contributed by atoms with Gasteiger partial charge in [-0.15, -0.1) is 0 Å². The fraction of sp³-hybridized carbons (Fsp3) is 0.650. The molecule has 1 heterocycles. The summed E-state index contributed by atoms with van der Waals surface area (Å²) in [6.45, 7) is 6.31. The molecular weight excluding hydrogens is 288 g/mol. The Morgan fingerprint density at radius 1 is 1.26 bits per heavy atom. The molecule has 3 rings (SSSR count). The average molecular weight is 316 g/mol. The molecule has 126 valence electrons. The van der Waals surface area contributed by atoms with E-state index in [1.54, 1.807) is 0 Å². The summed E-state index contributed by atoms with van der Waals surface area (Å²) in [7, 11) is 0. The Morgan fingerprint density at radius 3 is 2.61 bits per heavy atom. The first kappa shape index (κ1) is 16.7. The molecule has 1 aliphatic heterocycles. The molecule has 2 unspecified atom stereocenters. The number of rotatable bonds is 3. The maximum atomic E-state index is 11.4. The van der Waals surface area contributed by atoms with Gasteiger partial charge in [0, 0.05) is 11.3 Å². The molecule has 2 fully saturated rings. The minimum Gasteiger partial charge on any atom is -0.392 e. The van der Waals surface area contributed by atoms with Gasteiger partial charge in [-0.05, 0) is 36.7 Å². The Bertz CT molecular complexity index is 549. The van der Waals surface area contributed by atoms with Crippen molar-refractivity contribution >= 4 is 6.29 Å². The van der Waals surface area contributed by atoms with Crippen LogP contribution in [-0.2, 0) is 16.0 Å². The van der Waals surface area contributed by atoms with E-state index in [9.17, 15) is 9.90 Å². The zero-order valence-corrected chi connectivity index (χ0v) is 14.4. The minimum atomic E-state index is -0.631. The monoisotopic (exact) mass is 316 g/mol. The van der Waals surface area contributed by atoms with Gasteiger partial charge in [-0.25, -0.2) is 0 Å². The zero-order chi connectivity index (χ0) is 16.7. The van der Waals surface area contributed by atoms with E-state index >= 15 is 0 Å². The molecule has 1 aromatic carbocycles. The highest BCUT2D eigenvalue weighted by atomic mass is 16.5. The zero-order valence-electron chi connectivity index (χ0n) is 14.4. The average Bonchev–Trinajstić information content (AvgIpc) is 2.54. The van der Waals surface area contributed by atoms with Gasteiger partial charge in [-0.2, -0.15) is 0 Å². The van der Waals surface area contributed by atoms with Crippen LogP contribution in [0.5, 0.6) is 0 Å². The highest BCUT2D eigenvalue weighted by Gasteiger charge is 2.57. The van der Waals surface area contributed by atoms with E-state index in [4.69, 9.17) is 4.74 Å². The molecule has 1 saturated heterocycles. The van der Waals surface area contributed by atoms with Crippen LogP contribution < -0.4 is 0 Å². The van der Waals surface area contributed by atoms with Crippen molar-refractivity contribution in [1.29, 1.82) is 0 Å². The maximum absolute atomic E-state index is 11.4. The van der Waals surface area contributed by atoms with Crippen molar-refractivity contribution in [3.8, 4) is 0 Å². The summed E-state index contributed by atoms with van der Waals surface area (Å²) < 4.78 is 6.50. The summed E-state index contributed by atoms with van der Waals surface area (Å²) in [6.07, 6.45) is 4.19. The number of hydrogen-bond donors (Lipinski definition) is 1. The molecule has 3 nitrogen and oxygen atoms in total. The maximum Gasteiger partial charge on any atom is 0.125 e. The third kappa shape index (κ3) is 2.97. The fourth-order valence-corrected chi connectivity index (χ4v) is 4.84. The Balaban J connectivity index is 1.79. The summed E-state index contributed by atoms with van der Waals surface area (Å²) in [5, 5.41) is 10.6. The Morgan fingerprint density at radius 2 is 1.96 bits per heavy atom. The highest BCUT2D eigenvalue weighted by molar-refractivity contribution is 5.55. The first-order valence-corrected chi connectivity index (χ1v) is 8.69. The number of carbonyl (C=O) groups is 1. The van der Waals surface area contributed by atoms with Crippen molar-refractivity contribution in [1.82, 2.24) is 0 Å². The number of benzene rings is 1. The second kappa shape index (κ2) is 6.03. The number of carbonyl (C=O) groups excluding carboxylic acids is 1. The van der Waals surface area contributed by atoms with Crippen molar-refractivity contribution < 1.29 is 14.6 Å². The molecule has 5 atom stereocenters. The Kier molecular flexibility index (Phi) is 4.37. The third-order valence-corrected chi connectivity index (χ3v) is 6.03. The van der Waals surface area contributed by atoms with Gasteiger partial charge in [0.2, 0.25) is 0 Å². The molecule has 3 heteroatoms. The topological polar surface area (TPSA) is 46.5 Å². The molecule has 1 N–H and O–H groups in total. The van der Waals surface area contributed by atoms with Crippen molar-refractivity contribution in [2.75, 3.05) is 0 Å². The second-order valence-electron chi connectivity index (χ2n) is 8.29. The van der Waals surface area contributed by atoms with Crippen molar-refractivity contribution in [3.05, 3.63) is 35.9 Å². The fourth-order valence-electron chi connectivity index (χ4n) is 4.84. The van der Waals surface area contributed by atoms with E-state index in [0.717, 1.165) is 32.0 Å². The van der Waals surface area contributed by atoms with Crippen LogP contribution in [0, 0.1) is 16.7 Å². The number of aliphatic hydroxyl groups is 1. The van der Waals surface area contributed by atoms with E-state index in [1.807, 2.05) is 19.9 Å². The standard InChI is InChI=1S/C20H28O3/c1-19(2)17(22)15(13-21)12-20(3)10-9-16(23-18(19)20)11-14-7-5-4-6-8-14/h4-8,13,15-18,22H,9-12H2,1-3H3/t15?,16-,17?,18-,20-/m0/s1. The minimum absolute atomic E-state index is 0.0105. The summed E-state index contributed by atoms with van der Waals surface area (Å²) in [5.41, 5.74) is 0.858. The molecule has 0 amide bonds. The van der Waals surface area contributed by atoms with Crippen molar-refractivity contribution in [3.63, 3.8) is 0 Å². The molecule has 2 aliphatic rings. The number of ether oxygens (including phenoxy) is 1. The van der Waals surface area contributed by atoms with Gasteiger partial charge < -0.3 is 14.6 Å². The lowest BCUT2D eigenvalue weighted by Gasteiger charge is -2.58. The summed E-state index contributed by atoms with van der Waals surface area (Å²) in [6, 6.07) is 10.4. The van der Waals surface area contributed by atoms with Crippen LogP contribution in [0.15, 0.2) is 30.3 Å². The van der Waals surface area contributed by atoms with Gasteiger partial charge in [0.15, 0.2) is 0 Å². The molecule has 1 aromatic rings. The number of hydrogen-bond acceptors (Lipinski definition) is 3. The largest absolute Gasteiger partial charge is 0.392 e. The second-order valence-corrected chi connectivity index (χ2v) is 8.29. The summed E-state index contributed by atoms with van der Waals surface area (Å²) in [4.78, 5) is 11.4. The molecule has 1 saturated carbocycles. The lowest BCUT2D eigenvalue weighted by atomic mass is 9.55. The van der Waals surface area contributed by atoms with Crippen LogP contribution in [0.1, 0.15) is 45.6 Å². The highest BCUT2D eigenvalue weighted by Crippen LogP contribution is 2.55. The van der Waals surface area contributed by atoms with Crippen LogP contribution in [0.4, 0.5) is 0 Å². The molecule has 23 heavy (non-hydrogen) atoms. The smallest absolute Gasteiger partial charge is 0.125 e. The van der Waals surface area contributed by atoms with Gasteiger partial charge in [0.25, 0.3) is 0 Å². The van der Waals surface area contributed by atoms with Crippen molar-refractivity contribution in [2.45, 2.75) is 64.8 Å². The quantitative estimate of drug-likeness (QED) is 0.870. The van der Waals surface area contributed by atoms with E-state index in [-0.39, 0.29) is 23.5 Å². The first-order valence-electron chi connectivity index (χ1n) is 8.69. The van der Waals surface area contributed by atoms with Crippen LogP contribution in [0.25, 0.3) is 0 Å². The van der Waals surface area contributed by atoms with Crippen molar-refractivity contribution in [2.24, 2.45) is 16.7 Å². The molecule has 0 bridgehead atoms. The van der Waals surface area contributed by atoms with Gasteiger partial charge in [-0.3, -0.25) is 0 Å². The Labute approximate surface area is 139 Å².